The Hall–Kier alpha value is -0.940. The third-order valence-corrected chi connectivity index (χ3v) is 4.24. The molecular weight excluding hydrogens is 252 g/mol. The first kappa shape index (κ1) is 12.5. The highest BCUT2D eigenvalue weighted by molar-refractivity contribution is 7.80. The lowest BCUT2D eigenvalue weighted by atomic mass is 9.87. The molecule has 0 fully saturated rings. The standard InChI is InChI=1S/C12H16N2OS2/c1-14(7-11(13)16)12(15)9-3-2-4-10-8(9)5-6-17-10/h5-6,9H,2-4,7H2,1H3,(H2,13,16). The number of aryl methyl sites for hydroxylation is 1. The molecule has 0 aliphatic heterocycles. The summed E-state index contributed by atoms with van der Waals surface area (Å²) in [5.74, 6) is 0.140. The van der Waals surface area contributed by atoms with E-state index in [1.54, 1.807) is 23.3 Å². The minimum absolute atomic E-state index is 0.00403. The van der Waals surface area contributed by atoms with Crippen LogP contribution in [0.2, 0.25) is 0 Å². The summed E-state index contributed by atoms with van der Waals surface area (Å²) in [6, 6.07) is 2.08. The van der Waals surface area contributed by atoms with E-state index in [0.717, 1.165) is 19.3 Å². The van der Waals surface area contributed by atoms with Crippen LogP contribution in [0.1, 0.15) is 29.2 Å². The third-order valence-electron chi connectivity index (χ3n) is 3.12. The van der Waals surface area contributed by atoms with Crippen molar-refractivity contribution in [1.82, 2.24) is 4.90 Å². The molecule has 1 aliphatic carbocycles. The number of fused-ring (bicyclic) bond motifs is 1. The number of nitrogens with two attached hydrogens (primary N) is 1. The molecule has 5 heteroatoms. The van der Waals surface area contributed by atoms with Gasteiger partial charge >= 0.3 is 0 Å². The SMILES string of the molecule is CN(CC(N)=S)C(=O)C1CCCc2sccc21. The van der Waals surface area contributed by atoms with Gasteiger partial charge in [0, 0.05) is 11.9 Å². The second-order valence-electron chi connectivity index (χ2n) is 4.40. The lowest BCUT2D eigenvalue weighted by molar-refractivity contribution is -0.131. The molecule has 1 amide bonds. The fraction of sp³-hybridized carbons (Fsp3) is 0.500. The van der Waals surface area contributed by atoms with Crippen LogP contribution in [0.4, 0.5) is 0 Å². The molecule has 1 atom stereocenters. The molecule has 0 bridgehead atoms. The average Bonchev–Trinajstić information content (AvgIpc) is 2.74. The maximum absolute atomic E-state index is 12.3. The minimum Gasteiger partial charge on any atom is -0.392 e. The Morgan fingerprint density at radius 3 is 3.18 bits per heavy atom. The summed E-state index contributed by atoms with van der Waals surface area (Å²) in [6.07, 6.45) is 3.13. The summed E-state index contributed by atoms with van der Waals surface area (Å²) in [4.78, 5) is 15.7. The molecule has 0 saturated carbocycles. The van der Waals surface area contributed by atoms with Gasteiger partial charge in [-0.2, -0.15) is 0 Å². The first-order valence-corrected chi connectivity index (χ1v) is 6.98. The number of hydrogen-bond acceptors (Lipinski definition) is 3. The molecular formula is C12H16N2OS2. The molecule has 0 radical (unpaired) electrons. The number of thiocarbonyl (C=S) groups is 1. The predicted octanol–water partition coefficient (Wildman–Crippen LogP) is 1.91. The Bertz CT molecular complexity index is 441. The van der Waals surface area contributed by atoms with Crippen LogP contribution in [0.25, 0.3) is 0 Å². The molecule has 0 aromatic carbocycles. The van der Waals surface area contributed by atoms with Gasteiger partial charge in [-0.3, -0.25) is 4.79 Å². The second kappa shape index (κ2) is 5.14. The summed E-state index contributed by atoms with van der Waals surface area (Å²) in [6.45, 7) is 0.365. The van der Waals surface area contributed by atoms with Gasteiger partial charge in [0.1, 0.15) is 0 Å². The van der Waals surface area contributed by atoms with E-state index < -0.39 is 0 Å². The number of carbonyl (C=O) groups excluding carboxylic acids is 1. The molecule has 0 saturated heterocycles. The monoisotopic (exact) mass is 268 g/mol. The fourth-order valence-corrected chi connectivity index (χ4v) is 3.50. The molecule has 3 nitrogen and oxygen atoms in total. The molecule has 1 aromatic rings. The van der Waals surface area contributed by atoms with E-state index in [2.05, 4.69) is 11.4 Å². The van der Waals surface area contributed by atoms with Crippen LogP contribution < -0.4 is 5.73 Å². The van der Waals surface area contributed by atoms with Gasteiger partial charge in [0.2, 0.25) is 5.91 Å². The normalized spacial score (nSPS) is 18.5. The predicted molar refractivity (Wildman–Crippen MR) is 74.4 cm³/mol. The number of rotatable bonds is 3. The molecule has 2 rings (SSSR count). The largest absolute Gasteiger partial charge is 0.392 e. The highest BCUT2D eigenvalue weighted by Gasteiger charge is 2.29. The fourth-order valence-electron chi connectivity index (χ4n) is 2.32. The van der Waals surface area contributed by atoms with Crippen LogP contribution in [0.3, 0.4) is 0 Å². The molecule has 2 N–H and O–H groups in total. The number of carbonyl (C=O) groups is 1. The number of amides is 1. The number of likely N-dealkylation sites (N-methyl/N-ethyl adjacent to an activating group) is 1. The quantitative estimate of drug-likeness (QED) is 0.852. The van der Waals surface area contributed by atoms with Crippen molar-refractivity contribution in [3.05, 3.63) is 21.9 Å². The molecule has 92 valence electrons. The van der Waals surface area contributed by atoms with Crippen molar-refractivity contribution >= 4 is 34.5 Å². The Kier molecular flexibility index (Phi) is 3.79. The Labute approximate surface area is 111 Å². The zero-order chi connectivity index (χ0) is 12.4. The van der Waals surface area contributed by atoms with Gasteiger partial charge in [0.05, 0.1) is 17.5 Å². The molecule has 1 heterocycles. The van der Waals surface area contributed by atoms with Crippen LogP contribution >= 0.6 is 23.6 Å². The zero-order valence-corrected chi connectivity index (χ0v) is 11.4. The summed E-state index contributed by atoms with van der Waals surface area (Å²) in [5, 5.41) is 2.07. The van der Waals surface area contributed by atoms with E-state index >= 15 is 0 Å². The van der Waals surface area contributed by atoms with Gasteiger partial charge < -0.3 is 10.6 Å². The maximum atomic E-state index is 12.3. The summed E-state index contributed by atoms with van der Waals surface area (Å²) in [7, 11) is 1.77. The Morgan fingerprint density at radius 2 is 2.47 bits per heavy atom. The molecule has 1 aromatic heterocycles. The van der Waals surface area contributed by atoms with Crippen LogP contribution in [-0.2, 0) is 11.2 Å². The summed E-state index contributed by atoms with van der Waals surface area (Å²) >= 11 is 6.59. The first-order chi connectivity index (χ1) is 8.09. The minimum atomic E-state index is 0.00403. The van der Waals surface area contributed by atoms with Crippen molar-refractivity contribution in [3.63, 3.8) is 0 Å². The van der Waals surface area contributed by atoms with Crippen molar-refractivity contribution in [1.29, 1.82) is 0 Å². The van der Waals surface area contributed by atoms with Crippen LogP contribution in [-0.4, -0.2) is 29.4 Å². The van der Waals surface area contributed by atoms with Crippen LogP contribution in [0.15, 0.2) is 11.4 Å². The van der Waals surface area contributed by atoms with Crippen LogP contribution in [0.5, 0.6) is 0 Å². The molecule has 1 aliphatic rings. The van der Waals surface area contributed by atoms with Gasteiger partial charge in [-0.05, 0) is 36.3 Å². The van der Waals surface area contributed by atoms with Crippen molar-refractivity contribution in [3.8, 4) is 0 Å². The van der Waals surface area contributed by atoms with Crippen molar-refractivity contribution in [2.75, 3.05) is 13.6 Å². The first-order valence-electron chi connectivity index (χ1n) is 5.69. The lowest BCUT2D eigenvalue weighted by Gasteiger charge is -2.26. The smallest absolute Gasteiger partial charge is 0.230 e. The highest BCUT2D eigenvalue weighted by Crippen LogP contribution is 2.35. The van der Waals surface area contributed by atoms with Gasteiger partial charge in [-0.25, -0.2) is 0 Å². The molecule has 1 unspecified atom stereocenters. The van der Waals surface area contributed by atoms with E-state index in [4.69, 9.17) is 18.0 Å². The van der Waals surface area contributed by atoms with Crippen LogP contribution in [0, 0.1) is 0 Å². The van der Waals surface area contributed by atoms with Gasteiger partial charge in [0.15, 0.2) is 0 Å². The zero-order valence-electron chi connectivity index (χ0n) is 9.81. The highest BCUT2D eigenvalue weighted by atomic mass is 32.1. The van der Waals surface area contributed by atoms with E-state index in [1.165, 1.54) is 10.4 Å². The van der Waals surface area contributed by atoms with Crippen molar-refractivity contribution < 1.29 is 4.79 Å². The van der Waals surface area contributed by atoms with Crippen molar-refractivity contribution in [2.24, 2.45) is 5.73 Å². The maximum Gasteiger partial charge on any atom is 0.230 e. The van der Waals surface area contributed by atoms with E-state index in [-0.39, 0.29) is 11.8 Å². The van der Waals surface area contributed by atoms with E-state index in [0.29, 0.717) is 11.5 Å². The lowest BCUT2D eigenvalue weighted by Crippen LogP contribution is -2.38. The summed E-state index contributed by atoms with van der Waals surface area (Å²) in [5.41, 5.74) is 6.68. The topological polar surface area (TPSA) is 46.3 Å². The average molecular weight is 268 g/mol. The second-order valence-corrected chi connectivity index (χ2v) is 5.93. The Morgan fingerprint density at radius 1 is 1.71 bits per heavy atom. The number of hydrogen-bond donors (Lipinski definition) is 1. The molecule has 0 spiro atoms. The summed E-state index contributed by atoms with van der Waals surface area (Å²) < 4.78 is 0. The Balaban J connectivity index is 2.14. The third kappa shape index (κ3) is 2.66. The van der Waals surface area contributed by atoms with Gasteiger partial charge in [-0.1, -0.05) is 12.2 Å². The van der Waals surface area contributed by atoms with Gasteiger partial charge in [0.25, 0.3) is 0 Å². The van der Waals surface area contributed by atoms with E-state index in [9.17, 15) is 4.79 Å². The number of thiophene rings is 1. The van der Waals surface area contributed by atoms with E-state index in [1.807, 2.05) is 0 Å². The number of nitrogens with zero attached hydrogens (tertiary/aromatic N) is 1. The van der Waals surface area contributed by atoms with Gasteiger partial charge in [-0.15, -0.1) is 11.3 Å². The molecule has 17 heavy (non-hydrogen) atoms. The van der Waals surface area contributed by atoms with Crippen molar-refractivity contribution in [2.45, 2.75) is 25.2 Å².